The first kappa shape index (κ1) is 16.7. The van der Waals surface area contributed by atoms with Crippen LogP contribution in [0.3, 0.4) is 0 Å². The highest BCUT2D eigenvalue weighted by Gasteiger charge is 2.32. The van der Waals surface area contributed by atoms with Crippen molar-refractivity contribution in [3.8, 4) is 0 Å². The third-order valence-electron chi connectivity index (χ3n) is 3.90. The molecular weight excluding hydrogens is 387 g/mol. The summed E-state index contributed by atoms with van der Waals surface area (Å²) in [7, 11) is 0. The maximum Gasteiger partial charge on any atom is 0.194 e. The van der Waals surface area contributed by atoms with Gasteiger partial charge in [-0.1, -0.05) is 37.3 Å². The Morgan fingerprint density at radius 1 is 1.18 bits per heavy atom. The highest BCUT2D eigenvalue weighted by molar-refractivity contribution is 14.0. The molecule has 0 fully saturated rings. The number of nitrogens with zero attached hydrogens (tertiary/aromatic N) is 2. The fraction of sp³-hybridized carbons (Fsp3) is 0.294. The third-order valence-corrected chi connectivity index (χ3v) is 3.90. The van der Waals surface area contributed by atoms with Gasteiger partial charge < -0.3 is 11.1 Å². The Morgan fingerprint density at radius 2 is 1.82 bits per heavy atom. The van der Waals surface area contributed by atoms with Crippen LogP contribution in [0.1, 0.15) is 18.1 Å². The Balaban J connectivity index is 0.00000176. The van der Waals surface area contributed by atoms with E-state index in [2.05, 4.69) is 46.5 Å². The van der Waals surface area contributed by atoms with Gasteiger partial charge in [0.05, 0.1) is 0 Å². The van der Waals surface area contributed by atoms with Gasteiger partial charge in [-0.05, 0) is 41.5 Å². The van der Waals surface area contributed by atoms with E-state index in [1.807, 2.05) is 18.2 Å². The molecule has 1 aromatic carbocycles. The zero-order valence-corrected chi connectivity index (χ0v) is 15.0. The molecule has 1 aliphatic carbocycles. The molecule has 5 heteroatoms. The number of nitrogens with two attached hydrogens (primary N) is 1. The van der Waals surface area contributed by atoms with E-state index in [0.717, 1.165) is 18.7 Å². The van der Waals surface area contributed by atoms with Crippen molar-refractivity contribution in [3.05, 3.63) is 59.8 Å². The standard InChI is InChI=1S/C17H20N4.HI/c1-17(10-13-6-2-3-7-14(13)11-17)12-20-16(18)21-15-8-4-5-9-19-15;/h2-9H,10-12H2,1H3,(H3,18,19,20,21);1H. The van der Waals surface area contributed by atoms with Gasteiger partial charge in [-0.15, -0.1) is 24.0 Å². The molecule has 0 spiro atoms. The molecule has 0 unspecified atom stereocenters. The van der Waals surface area contributed by atoms with Crippen LogP contribution in [0.25, 0.3) is 0 Å². The molecule has 3 N–H and O–H groups in total. The van der Waals surface area contributed by atoms with Gasteiger partial charge in [0.15, 0.2) is 5.96 Å². The predicted octanol–water partition coefficient (Wildman–Crippen LogP) is 3.23. The summed E-state index contributed by atoms with van der Waals surface area (Å²) in [6.45, 7) is 2.98. The number of aromatic nitrogens is 1. The molecule has 1 aliphatic rings. The van der Waals surface area contributed by atoms with E-state index in [9.17, 15) is 0 Å². The molecule has 0 amide bonds. The van der Waals surface area contributed by atoms with Crippen LogP contribution in [0.4, 0.5) is 5.82 Å². The molecule has 0 aliphatic heterocycles. The molecule has 22 heavy (non-hydrogen) atoms. The van der Waals surface area contributed by atoms with Crippen LogP contribution in [-0.4, -0.2) is 17.5 Å². The Morgan fingerprint density at radius 3 is 2.41 bits per heavy atom. The molecule has 0 saturated heterocycles. The number of halogens is 1. The highest BCUT2D eigenvalue weighted by Crippen LogP contribution is 2.36. The predicted molar refractivity (Wildman–Crippen MR) is 102 cm³/mol. The summed E-state index contributed by atoms with van der Waals surface area (Å²) in [4.78, 5) is 8.68. The molecule has 0 radical (unpaired) electrons. The van der Waals surface area contributed by atoms with Gasteiger partial charge >= 0.3 is 0 Å². The average molecular weight is 408 g/mol. The number of guanidine groups is 1. The fourth-order valence-corrected chi connectivity index (χ4v) is 2.88. The van der Waals surface area contributed by atoms with Crippen molar-refractivity contribution < 1.29 is 0 Å². The molecule has 0 saturated carbocycles. The van der Waals surface area contributed by atoms with Crippen LogP contribution >= 0.6 is 24.0 Å². The van der Waals surface area contributed by atoms with Gasteiger partial charge in [-0.25, -0.2) is 4.98 Å². The van der Waals surface area contributed by atoms with Gasteiger partial charge in [0, 0.05) is 12.7 Å². The first-order valence-electron chi connectivity index (χ1n) is 7.19. The number of benzene rings is 1. The minimum absolute atomic E-state index is 0. The fourth-order valence-electron chi connectivity index (χ4n) is 2.88. The van der Waals surface area contributed by atoms with E-state index in [1.54, 1.807) is 6.20 Å². The van der Waals surface area contributed by atoms with Gasteiger partial charge in [-0.2, -0.15) is 0 Å². The van der Waals surface area contributed by atoms with Crippen molar-refractivity contribution in [3.63, 3.8) is 0 Å². The number of nitrogens with one attached hydrogen (secondary N) is 1. The van der Waals surface area contributed by atoms with E-state index in [1.165, 1.54) is 11.1 Å². The molecule has 2 aromatic rings. The van der Waals surface area contributed by atoms with E-state index >= 15 is 0 Å². The van der Waals surface area contributed by atoms with E-state index in [-0.39, 0.29) is 29.4 Å². The van der Waals surface area contributed by atoms with Gasteiger partial charge in [-0.3, -0.25) is 4.99 Å². The maximum absolute atomic E-state index is 5.95. The van der Waals surface area contributed by atoms with Crippen molar-refractivity contribution in [2.45, 2.75) is 19.8 Å². The van der Waals surface area contributed by atoms with E-state index in [0.29, 0.717) is 12.5 Å². The second-order valence-electron chi connectivity index (χ2n) is 5.97. The lowest BCUT2D eigenvalue weighted by Gasteiger charge is -2.21. The zero-order chi connectivity index (χ0) is 14.7. The van der Waals surface area contributed by atoms with Crippen molar-refractivity contribution in [1.82, 2.24) is 4.98 Å². The minimum atomic E-state index is 0. The highest BCUT2D eigenvalue weighted by atomic mass is 127. The Bertz CT molecular complexity index is 630. The van der Waals surface area contributed by atoms with Crippen molar-refractivity contribution in [2.24, 2.45) is 16.1 Å². The largest absolute Gasteiger partial charge is 0.370 e. The monoisotopic (exact) mass is 408 g/mol. The Hall–Kier alpha value is -1.63. The first-order valence-corrected chi connectivity index (χ1v) is 7.19. The summed E-state index contributed by atoms with van der Waals surface area (Å²) in [5.74, 6) is 1.14. The second kappa shape index (κ2) is 7.09. The molecule has 3 rings (SSSR count). The Labute approximate surface area is 148 Å². The van der Waals surface area contributed by atoms with Crippen LogP contribution < -0.4 is 11.1 Å². The normalized spacial score (nSPS) is 15.8. The zero-order valence-electron chi connectivity index (χ0n) is 12.6. The lowest BCUT2D eigenvalue weighted by molar-refractivity contribution is 0.360. The SMILES string of the molecule is CC1(CN=C(N)Nc2ccccn2)Cc2ccccc2C1.I. The van der Waals surface area contributed by atoms with Crippen molar-refractivity contribution >= 4 is 35.8 Å². The van der Waals surface area contributed by atoms with E-state index < -0.39 is 0 Å². The van der Waals surface area contributed by atoms with Crippen molar-refractivity contribution in [1.29, 1.82) is 0 Å². The summed E-state index contributed by atoms with van der Waals surface area (Å²) < 4.78 is 0. The summed E-state index contributed by atoms with van der Waals surface area (Å²) in [5.41, 5.74) is 8.97. The quantitative estimate of drug-likeness (QED) is 0.466. The summed E-state index contributed by atoms with van der Waals surface area (Å²) in [6.07, 6.45) is 3.84. The topological polar surface area (TPSA) is 63.3 Å². The summed E-state index contributed by atoms with van der Waals surface area (Å²) in [5, 5.41) is 3.02. The first-order chi connectivity index (χ1) is 10.1. The Kier molecular flexibility index (Phi) is 5.39. The van der Waals surface area contributed by atoms with Crippen LogP contribution in [0, 0.1) is 5.41 Å². The summed E-state index contributed by atoms with van der Waals surface area (Å²) in [6, 6.07) is 14.3. The molecule has 1 heterocycles. The lowest BCUT2D eigenvalue weighted by Crippen LogP contribution is -2.27. The molecule has 4 nitrogen and oxygen atoms in total. The minimum Gasteiger partial charge on any atom is -0.370 e. The number of hydrogen-bond acceptors (Lipinski definition) is 2. The van der Waals surface area contributed by atoms with Gasteiger partial charge in [0.25, 0.3) is 0 Å². The molecule has 1 aromatic heterocycles. The van der Waals surface area contributed by atoms with Crippen LogP contribution in [0.15, 0.2) is 53.7 Å². The number of anilines is 1. The number of hydrogen-bond donors (Lipinski definition) is 2. The van der Waals surface area contributed by atoms with Crippen LogP contribution in [0.2, 0.25) is 0 Å². The van der Waals surface area contributed by atoms with Crippen LogP contribution in [0.5, 0.6) is 0 Å². The number of pyridine rings is 1. The van der Waals surface area contributed by atoms with Gasteiger partial charge in [0.2, 0.25) is 0 Å². The number of fused-ring (bicyclic) bond motifs is 1. The molecule has 116 valence electrons. The smallest absolute Gasteiger partial charge is 0.194 e. The van der Waals surface area contributed by atoms with Crippen molar-refractivity contribution in [2.75, 3.05) is 11.9 Å². The van der Waals surface area contributed by atoms with Gasteiger partial charge in [0.1, 0.15) is 5.82 Å². The molecular formula is C17H21IN4. The lowest BCUT2D eigenvalue weighted by atomic mass is 9.87. The van der Waals surface area contributed by atoms with E-state index in [4.69, 9.17) is 5.73 Å². The second-order valence-corrected chi connectivity index (χ2v) is 5.97. The average Bonchev–Trinajstić information content (AvgIpc) is 2.83. The van der Waals surface area contributed by atoms with Crippen LogP contribution in [-0.2, 0) is 12.8 Å². The third kappa shape index (κ3) is 3.97. The summed E-state index contributed by atoms with van der Waals surface area (Å²) >= 11 is 0. The maximum atomic E-state index is 5.95. The molecule has 0 atom stereocenters. The molecule has 0 bridgehead atoms. The number of aliphatic imine (C=N–C) groups is 1. The number of rotatable bonds is 3.